The van der Waals surface area contributed by atoms with Gasteiger partial charge in [-0.1, -0.05) is 39.7 Å². The molecule has 32 heavy (non-hydrogen) atoms. The summed E-state index contributed by atoms with van der Waals surface area (Å²) in [7, 11) is 1.51. The number of rotatable bonds is 9. The van der Waals surface area contributed by atoms with Gasteiger partial charge in [0.15, 0.2) is 11.5 Å². The number of nitrogens with one attached hydrogen (secondary N) is 1. The van der Waals surface area contributed by atoms with Crippen LogP contribution in [0, 0.1) is 0 Å². The molecule has 0 aliphatic heterocycles. The summed E-state index contributed by atoms with van der Waals surface area (Å²) in [5.41, 5.74) is 4.63. The maximum absolute atomic E-state index is 12.5. The highest BCUT2D eigenvalue weighted by atomic mass is 79.9. The Hall–Kier alpha value is -3.03. The molecule has 1 N–H and O–H groups in total. The zero-order valence-electron chi connectivity index (χ0n) is 17.6. The minimum absolute atomic E-state index is 0.375. The first-order valence-corrected chi connectivity index (χ1v) is 11.0. The summed E-state index contributed by atoms with van der Waals surface area (Å²) in [6, 6.07) is 18.1. The molecule has 0 aromatic heterocycles. The van der Waals surface area contributed by atoms with E-state index in [1.54, 1.807) is 30.3 Å². The largest absolute Gasteiger partial charge is 0.496 e. The fourth-order valence-corrected chi connectivity index (χ4v) is 3.30. The standard InChI is InChI=1S/C24H22BrClN2O4/c1-3-31-23-12-17(6-10-22(23)32-15-16-4-8-19(26)9-5-16)14-27-28-24(29)20-13-18(25)7-11-21(20)30-2/h4-14H,3,15H2,1-2H3,(H,28,29)/b27-14-. The van der Waals surface area contributed by atoms with Crippen molar-refractivity contribution in [2.45, 2.75) is 13.5 Å². The number of hydrogen-bond donors (Lipinski definition) is 1. The molecule has 0 atom stereocenters. The quantitative estimate of drug-likeness (QED) is 0.285. The van der Waals surface area contributed by atoms with Crippen LogP contribution in [0.15, 0.2) is 70.2 Å². The lowest BCUT2D eigenvalue weighted by molar-refractivity contribution is 0.0952. The van der Waals surface area contributed by atoms with E-state index in [1.807, 2.05) is 37.3 Å². The van der Waals surface area contributed by atoms with E-state index in [2.05, 4.69) is 26.5 Å². The monoisotopic (exact) mass is 516 g/mol. The average molecular weight is 518 g/mol. The maximum Gasteiger partial charge on any atom is 0.275 e. The highest BCUT2D eigenvalue weighted by Crippen LogP contribution is 2.29. The highest BCUT2D eigenvalue weighted by Gasteiger charge is 2.12. The number of halogens is 2. The first kappa shape index (κ1) is 23.6. The Balaban J connectivity index is 1.68. The number of carbonyl (C=O) groups is 1. The molecule has 3 aromatic carbocycles. The van der Waals surface area contributed by atoms with Crippen LogP contribution in [-0.4, -0.2) is 25.8 Å². The van der Waals surface area contributed by atoms with Crippen molar-refractivity contribution in [1.82, 2.24) is 5.43 Å². The van der Waals surface area contributed by atoms with E-state index in [-0.39, 0.29) is 5.91 Å². The summed E-state index contributed by atoms with van der Waals surface area (Å²) in [4.78, 5) is 12.5. The van der Waals surface area contributed by atoms with Gasteiger partial charge in [-0.3, -0.25) is 4.79 Å². The van der Waals surface area contributed by atoms with E-state index < -0.39 is 0 Å². The molecule has 8 heteroatoms. The van der Waals surface area contributed by atoms with Crippen molar-refractivity contribution < 1.29 is 19.0 Å². The lowest BCUT2D eigenvalue weighted by Gasteiger charge is -2.12. The van der Waals surface area contributed by atoms with Crippen LogP contribution in [0.4, 0.5) is 0 Å². The molecule has 0 fully saturated rings. The number of hydrazone groups is 1. The molecule has 0 heterocycles. The van der Waals surface area contributed by atoms with Gasteiger partial charge in [0.05, 0.1) is 25.5 Å². The summed E-state index contributed by atoms with van der Waals surface area (Å²) in [6.07, 6.45) is 1.54. The molecule has 6 nitrogen and oxygen atoms in total. The molecule has 0 saturated carbocycles. The molecular formula is C24H22BrClN2O4. The smallest absolute Gasteiger partial charge is 0.275 e. The molecule has 0 aliphatic rings. The molecular weight excluding hydrogens is 496 g/mol. The summed E-state index contributed by atoms with van der Waals surface area (Å²) in [6.45, 7) is 2.77. The van der Waals surface area contributed by atoms with Gasteiger partial charge >= 0.3 is 0 Å². The van der Waals surface area contributed by atoms with Crippen molar-refractivity contribution in [2.24, 2.45) is 5.10 Å². The third kappa shape index (κ3) is 6.48. The third-order valence-electron chi connectivity index (χ3n) is 4.36. The first-order valence-electron chi connectivity index (χ1n) is 9.81. The SMILES string of the molecule is CCOc1cc(/C=N\NC(=O)c2cc(Br)ccc2OC)ccc1OCc1ccc(Cl)cc1. The molecule has 3 aromatic rings. The lowest BCUT2D eigenvalue weighted by atomic mass is 10.2. The minimum atomic E-state index is -0.382. The van der Waals surface area contributed by atoms with Gasteiger partial charge in [-0.2, -0.15) is 5.10 Å². The van der Waals surface area contributed by atoms with Crippen LogP contribution in [0.2, 0.25) is 5.02 Å². The number of amides is 1. The van der Waals surface area contributed by atoms with E-state index in [1.165, 1.54) is 13.3 Å². The second-order valence-electron chi connectivity index (χ2n) is 6.60. The Labute approximate surface area is 200 Å². The molecule has 0 saturated heterocycles. The summed E-state index contributed by atoms with van der Waals surface area (Å²) in [5.74, 6) is 1.28. The number of nitrogens with zero attached hydrogens (tertiary/aromatic N) is 1. The van der Waals surface area contributed by atoms with Gasteiger partial charge in [-0.15, -0.1) is 0 Å². The summed E-state index contributed by atoms with van der Waals surface area (Å²) in [5, 5.41) is 4.73. The van der Waals surface area contributed by atoms with E-state index in [0.29, 0.717) is 41.0 Å². The molecule has 3 rings (SSSR count). The highest BCUT2D eigenvalue weighted by molar-refractivity contribution is 9.10. The number of methoxy groups -OCH3 is 1. The fourth-order valence-electron chi connectivity index (χ4n) is 2.82. The Kier molecular flexibility index (Phi) is 8.53. The van der Waals surface area contributed by atoms with Crippen LogP contribution in [0.25, 0.3) is 0 Å². The van der Waals surface area contributed by atoms with Gasteiger partial charge in [0.2, 0.25) is 0 Å². The minimum Gasteiger partial charge on any atom is -0.496 e. The van der Waals surface area contributed by atoms with E-state index in [9.17, 15) is 4.79 Å². The normalized spacial score (nSPS) is 10.8. The molecule has 0 radical (unpaired) electrons. The Morgan fingerprint density at radius 3 is 2.50 bits per heavy atom. The van der Waals surface area contributed by atoms with Gasteiger partial charge in [0.25, 0.3) is 5.91 Å². The predicted molar refractivity (Wildman–Crippen MR) is 129 cm³/mol. The van der Waals surface area contributed by atoms with Crippen LogP contribution in [-0.2, 0) is 6.61 Å². The summed E-state index contributed by atoms with van der Waals surface area (Å²) < 4.78 is 17.6. The van der Waals surface area contributed by atoms with Crippen molar-refractivity contribution in [1.29, 1.82) is 0 Å². The van der Waals surface area contributed by atoms with Crippen LogP contribution in [0.1, 0.15) is 28.4 Å². The number of carbonyl (C=O) groups excluding carboxylic acids is 1. The van der Waals surface area contributed by atoms with Crippen LogP contribution in [0.5, 0.6) is 17.2 Å². The van der Waals surface area contributed by atoms with Crippen molar-refractivity contribution in [3.63, 3.8) is 0 Å². The molecule has 0 bridgehead atoms. The number of ether oxygens (including phenoxy) is 3. The lowest BCUT2D eigenvalue weighted by Crippen LogP contribution is -2.18. The summed E-state index contributed by atoms with van der Waals surface area (Å²) >= 11 is 9.28. The number of benzene rings is 3. The van der Waals surface area contributed by atoms with E-state index in [0.717, 1.165) is 15.6 Å². The topological polar surface area (TPSA) is 69.2 Å². The molecule has 0 aliphatic carbocycles. The van der Waals surface area contributed by atoms with Gasteiger partial charge in [0.1, 0.15) is 12.4 Å². The van der Waals surface area contributed by atoms with Gasteiger partial charge in [-0.05, 0) is 66.6 Å². The predicted octanol–water partition coefficient (Wildman–Crippen LogP) is 5.85. The van der Waals surface area contributed by atoms with Crippen LogP contribution < -0.4 is 19.6 Å². The van der Waals surface area contributed by atoms with Gasteiger partial charge in [-0.25, -0.2) is 5.43 Å². The number of hydrogen-bond acceptors (Lipinski definition) is 5. The van der Waals surface area contributed by atoms with Crippen molar-refractivity contribution in [3.05, 3.63) is 86.8 Å². The Morgan fingerprint density at radius 1 is 1.03 bits per heavy atom. The van der Waals surface area contributed by atoms with E-state index in [4.69, 9.17) is 25.8 Å². The average Bonchev–Trinajstić information content (AvgIpc) is 2.79. The van der Waals surface area contributed by atoms with Crippen molar-refractivity contribution in [3.8, 4) is 17.2 Å². The van der Waals surface area contributed by atoms with Crippen LogP contribution >= 0.6 is 27.5 Å². The first-order chi connectivity index (χ1) is 15.5. The fraction of sp³-hybridized carbons (Fsp3) is 0.167. The molecule has 0 spiro atoms. The maximum atomic E-state index is 12.5. The second kappa shape index (κ2) is 11.5. The van der Waals surface area contributed by atoms with Gasteiger partial charge < -0.3 is 14.2 Å². The molecule has 166 valence electrons. The zero-order chi connectivity index (χ0) is 22.9. The zero-order valence-corrected chi connectivity index (χ0v) is 19.9. The van der Waals surface area contributed by atoms with E-state index >= 15 is 0 Å². The second-order valence-corrected chi connectivity index (χ2v) is 7.95. The van der Waals surface area contributed by atoms with Crippen molar-refractivity contribution >= 4 is 39.7 Å². The molecule has 1 amide bonds. The Bertz CT molecular complexity index is 1100. The van der Waals surface area contributed by atoms with Crippen LogP contribution in [0.3, 0.4) is 0 Å². The third-order valence-corrected chi connectivity index (χ3v) is 5.11. The molecule has 0 unspecified atom stereocenters. The Morgan fingerprint density at radius 2 is 1.78 bits per heavy atom. The van der Waals surface area contributed by atoms with Gasteiger partial charge in [0, 0.05) is 9.50 Å². The van der Waals surface area contributed by atoms with Crippen molar-refractivity contribution in [2.75, 3.05) is 13.7 Å².